The van der Waals surface area contributed by atoms with Crippen molar-refractivity contribution in [3.63, 3.8) is 0 Å². The average molecular weight is 515 g/mol. The van der Waals surface area contributed by atoms with Crippen LogP contribution in [0.1, 0.15) is 46.9 Å². The predicted molar refractivity (Wildman–Crippen MR) is 129 cm³/mol. The van der Waals surface area contributed by atoms with E-state index in [1.54, 1.807) is 24.3 Å². The summed E-state index contributed by atoms with van der Waals surface area (Å²) < 4.78 is 5.15. The topological polar surface area (TPSA) is 84.0 Å². The molecule has 3 aliphatic rings. The molecule has 3 fully saturated rings. The highest BCUT2D eigenvalue weighted by atomic mass is 35.5. The van der Waals surface area contributed by atoms with Crippen molar-refractivity contribution >= 4 is 46.7 Å². The van der Waals surface area contributed by atoms with E-state index in [0.717, 1.165) is 29.3 Å². The molecule has 3 amide bonds. The van der Waals surface area contributed by atoms with Crippen LogP contribution in [0.15, 0.2) is 42.5 Å². The van der Waals surface area contributed by atoms with Gasteiger partial charge >= 0.3 is 0 Å². The monoisotopic (exact) mass is 514 g/mol. The van der Waals surface area contributed by atoms with Crippen LogP contribution in [0.2, 0.25) is 10.0 Å². The zero-order valence-corrected chi connectivity index (χ0v) is 20.8. The number of hydrogen-bond acceptors (Lipinski definition) is 5. The minimum atomic E-state index is -1.15. The van der Waals surface area contributed by atoms with Crippen molar-refractivity contribution in [2.75, 3.05) is 7.11 Å². The first-order valence-electron chi connectivity index (χ1n) is 11.6. The van der Waals surface area contributed by atoms with Crippen LogP contribution < -0.4 is 4.74 Å². The Morgan fingerprint density at radius 1 is 1.00 bits per heavy atom. The molecule has 2 aliphatic carbocycles. The molecule has 5 atom stereocenters. The van der Waals surface area contributed by atoms with Gasteiger partial charge in [0.05, 0.1) is 29.5 Å². The van der Waals surface area contributed by atoms with E-state index in [9.17, 15) is 19.2 Å². The Kier molecular flexibility index (Phi) is 6.09. The fourth-order valence-corrected chi connectivity index (χ4v) is 6.43. The number of nitrogens with zero attached hydrogens (tertiary/aromatic N) is 2. The summed E-state index contributed by atoms with van der Waals surface area (Å²) in [7, 11) is 1.52. The number of halogens is 2. The lowest BCUT2D eigenvalue weighted by Crippen LogP contribution is -2.57. The minimum absolute atomic E-state index is 0.0473. The van der Waals surface area contributed by atoms with E-state index in [2.05, 4.69) is 0 Å². The molecule has 9 heteroatoms. The van der Waals surface area contributed by atoms with Crippen molar-refractivity contribution < 1.29 is 23.9 Å². The van der Waals surface area contributed by atoms with E-state index in [0.29, 0.717) is 16.3 Å². The molecule has 0 spiro atoms. The molecule has 1 saturated heterocycles. The molecule has 0 unspecified atom stereocenters. The van der Waals surface area contributed by atoms with Gasteiger partial charge in [0, 0.05) is 10.6 Å². The Hall–Kier alpha value is -2.90. The van der Waals surface area contributed by atoms with Gasteiger partial charge in [-0.25, -0.2) is 5.01 Å². The average Bonchev–Trinajstić information content (AvgIpc) is 3.53. The van der Waals surface area contributed by atoms with Gasteiger partial charge in [0.2, 0.25) is 0 Å². The minimum Gasteiger partial charge on any atom is -0.497 e. The largest absolute Gasteiger partial charge is 0.497 e. The van der Waals surface area contributed by atoms with Crippen LogP contribution in [0.25, 0.3) is 0 Å². The molecular weight excluding hydrogens is 491 g/mol. The lowest BCUT2D eigenvalue weighted by atomic mass is 9.81. The summed E-state index contributed by atoms with van der Waals surface area (Å²) >= 11 is 12.3. The van der Waals surface area contributed by atoms with E-state index >= 15 is 0 Å². The first-order chi connectivity index (χ1) is 16.7. The Bertz CT molecular complexity index is 1200. The van der Waals surface area contributed by atoms with E-state index in [1.165, 1.54) is 32.2 Å². The van der Waals surface area contributed by atoms with Crippen LogP contribution in [0, 0.1) is 23.7 Å². The van der Waals surface area contributed by atoms with Crippen LogP contribution in [-0.4, -0.2) is 46.7 Å². The number of amides is 3. The van der Waals surface area contributed by atoms with E-state index < -0.39 is 41.4 Å². The zero-order chi connectivity index (χ0) is 25.0. The molecule has 2 bridgehead atoms. The van der Waals surface area contributed by atoms with E-state index in [-0.39, 0.29) is 22.4 Å². The summed E-state index contributed by atoms with van der Waals surface area (Å²) in [5.74, 6) is -2.02. The summed E-state index contributed by atoms with van der Waals surface area (Å²) in [6.07, 6.45) is 2.66. The van der Waals surface area contributed by atoms with Crippen molar-refractivity contribution in [2.45, 2.75) is 32.2 Å². The molecule has 1 aliphatic heterocycles. The van der Waals surface area contributed by atoms with Crippen LogP contribution in [0.4, 0.5) is 0 Å². The van der Waals surface area contributed by atoms with E-state index in [1.807, 2.05) is 0 Å². The number of carbonyl (C=O) groups excluding carboxylic acids is 4. The van der Waals surface area contributed by atoms with Gasteiger partial charge in [-0.15, -0.1) is 0 Å². The second-order valence-electron chi connectivity index (χ2n) is 9.42. The zero-order valence-electron chi connectivity index (χ0n) is 19.2. The molecule has 0 N–H and O–H groups in total. The maximum absolute atomic E-state index is 13.8. The number of methoxy groups -OCH3 is 1. The third-order valence-electron chi connectivity index (χ3n) is 7.61. The first kappa shape index (κ1) is 23.8. The fraction of sp³-hybridized carbons (Fsp3) is 0.385. The molecule has 0 radical (unpaired) electrons. The molecule has 35 heavy (non-hydrogen) atoms. The number of hydrogen-bond donors (Lipinski definition) is 0. The molecule has 2 saturated carbocycles. The summed E-state index contributed by atoms with van der Waals surface area (Å²) in [6.45, 7) is 1.51. The van der Waals surface area contributed by atoms with Gasteiger partial charge in [0.25, 0.3) is 17.7 Å². The first-order valence-corrected chi connectivity index (χ1v) is 12.3. The van der Waals surface area contributed by atoms with Crippen LogP contribution in [0.5, 0.6) is 5.75 Å². The predicted octanol–water partition coefficient (Wildman–Crippen LogP) is 4.66. The lowest BCUT2D eigenvalue weighted by Gasteiger charge is -2.35. The van der Waals surface area contributed by atoms with Gasteiger partial charge in [-0.1, -0.05) is 23.2 Å². The number of carbonyl (C=O) groups is 4. The number of imide groups is 1. The van der Waals surface area contributed by atoms with Crippen molar-refractivity contribution in [3.8, 4) is 5.75 Å². The maximum atomic E-state index is 13.8. The van der Waals surface area contributed by atoms with Crippen molar-refractivity contribution in [3.05, 3.63) is 63.6 Å². The molecule has 2 aromatic carbocycles. The fourth-order valence-electron chi connectivity index (χ4n) is 5.94. The third kappa shape index (κ3) is 3.81. The molecule has 7 nitrogen and oxygen atoms in total. The van der Waals surface area contributed by atoms with Gasteiger partial charge in [-0.3, -0.25) is 19.2 Å². The van der Waals surface area contributed by atoms with Gasteiger partial charge in [-0.05, 0) is 80.5 Å². The summed E-state index contributed by atoms with van der Waals surface area (Å²) in [4.78, 5) is 54.5. The summed E-state index contributed by atoms with van der Waals surface area (Å²) in [6, 6.07) is 9.63. The molecular formula is C26H24Cl2N2O5. The molecule has 2 aromatic rings. The molecule has 182 valence electrons. The van der Waals surface area contributed by atoms with Crippen molar-refractivity contribution in [1.29, 1.82) is 0 Å². The number of hydrazine groups is 1. The van der Waals surface area contributed by atoms with Gasteiger partial charge in [-0.2, -0.15) is 5.01 Å². The summed E-state index contributed by atoms with van der Waals surface area (Å²) in [5.41, 5.74) is 0.365. The summed E-state index contributed by atoms with van der Waals surface area (Å²) in [5, 5.41) is 2.30. The molecule has 5 rings (SSSR count). The highest BCUT2D eigenvalue weighted by Gasteiger charge is 2.63. The van der Waals surface area contributed by atoms with Crippen LogP contribution in [-0.2, 0) is 9.59 Å². The molecule has 0 aromatic heterocycles. The Morgan fingerprint density at radius 2 is 1.60 bits per heavy atom. The second kappa shape index (κ2) is 8.95. The Balaban J connectivity index is 1.55. The highest BCUT2D eigenvalue weighted by Crippen LogP contribution is 2.56. The van der Waals surface area contributed by atoms with Crippen molar-refractivity contribution in [2.24, 2.45) is 23.7 Å². The quantitative estimate of drug-likeness (QED) is 0.413. The standard InChI is InChI=1S/C26H24Cl2N2O5/c1-13(23(31)14-5-8-18(35-2)9-6-14)29(24(32)19-10-7-17(27)12-20(19)28)30-25(33)21-15-3-4-16(11-15)22(21)26(30)34/h5-10,12-13,15-16,21-22H,3-4,11H2,1-2H3/t13-,15-,16-,21-,22+/m0/s1. The number of benzene rings is 2. The Morgan fingerprint density at radius 3 is 2.14 bits per heavy atom. The molecule has 1 heterocycles. The smallest absolute Gasteiger partial charge is 0.275 e. The van der Waals surface area contributed by atoms with Gasteiger partial charge in [0.15, 0.2) is 5.78 Å². The van der Waals surface area contributed by atoms with Crippen molar-refractivity contribution in [1.82, 2.24) is 10.0 Å². The van der Waals surface area contributed by atoms with Crippen LogP contribution >= 0.6 is 23.2 Å². The number of fused-ring (bicyclic) bond motifs is 5. The van der Waals surface area contributed by atoms with E-state index in [4.69, 9.17) is 27.9 Å². The second-order valence-corrected chi connectivity index (χ2v) is 10.3. The number of ether oxygens (including phenoxy) is 1. The highest BCUT2D eigenvalue weighted by molar-refractivity contribution is 6.36. The number of rotatable bonds is 6. The SMILES string of the molecule is COc1ccc(C(=O)[C@H](C)N(C(=O)c2ccc(Cl)cc2Cl)N2C(=O)[C@@H]3[C@H]4CC[C@@H](C4)[C@@H]3C2=O)cc1. The van der Waals surface area contributed by atoms with Crippen LogP contribution in [0.3, 0.4) is 0 Å². The number of Topliss-reactive ketones (excluding diaryl/α,β-unsaturated/α-hetero) is 1. The Labute approximate surface area is 212 Å². The normalized spacial score (nSPS) is 25.5. The lowest BCUT2D eigenvalue weighted by molar-refractivity contribution is -0.157. The third-order valence-corrected chi connectivity index (χ3v) is 8.16. The maximum Gasteiger partial charge on any atom is 0.275 e. The number of ketones is 1. The van der Waals surface area contributed by atoms with Gasteiger partial charge < -0.3 is 4.74 Å². The van der Waals surface area contributed by atoms with Gasteiger partial charge in [0.1, 0.15) is 11.8 Å².